The van der Waals surface area contributed by atoms with Gasteiger partial charge in [0.1, 0.15) is 0 Å². The number of esters is 1. The number of unbranched alkanes of at least 4 members (excludes halogenated alkanes) is 1. The number of carbonyl (C=O) groups is 2. The van der Waals surface area contributed by atoms with Crippen molar-refractivity contribution in [3.05, 3.63) is 11.6 Å². The van der Waals surface area contributed by atoms with Crippen LogP contribution < -0.4 is 5.73 Å². The van der Waals surface area contributed by atoms with Crippen LogP contribution in [0.5, 0.6) is 0 Å². The number of ether oxygens (including phenoxy) is 1. The van der Waals surface area contributed by atoms with E-state index in [1.807, 2.05) is 0 Å². The lowest BCUT2D eigenvalue weighted by Gasteiger charge is -2.51. The molecule has 3 unspecified atom stereocenters. The fourth-order valence-electron chi connectivity index (χ4n) is 6.71. The van der Waals surface area contributed by atoms with E-state index in [0.717, 1.165) is 51.5 Å². The monoisotopic (exact) mass is 389 g/mol. The first kappa shape index (κ1) is 21.5. The largest absolute Gasteiger partial charge is 0.469 e. The summed E-state index contributed by atoms with van der Waals surface area (Å²) >= 11 is 0. The molecule has 3 aliphatic carbocycles. The van der Waals surface area contributed by atoms with Crippen LogP contribution in [-0.4, -0.2) is 25.4 Å². The van der Waals surface area contributed by atoms with E-state index in [0.29, 0.717) is 30.0 Å². The number of allylic oxidation sites excluding steroid dienone is 2. The van der Waals surface area contributed by atoms with E-state index >= 15 is 0 Å². The minimum Gasteiger partial charge on any atom is -0.469 e. The Morgan fingerprint density at radius 3 is 2.71 bits per heavy atom. The first-order chi connectivity index (χ1) is 13.4. The normalized spacial score (nSPS) is 37.2. The Kier molecular flexibility index (Phi) is 6.69. The average Bonchev–Trinajstić information content (AvgIpc) is 3.01. The first-order valence-corrected chi connectivity index (χ1v) is 11.4. The highest BCUT2D eigenvalue weighted by molar-refractivity contribution is 5.97. The topological polar surface area (TPSA) is 69.4 Å². The van der Waals surface area contributed by atoms with Crippen LogP contribution in [0.25, 0.3) is 0 Å². The summed E-state index contributed by atoms with van der Waals surface area (Å²) < 4.78 is 4.78. The number of hydrogen-bond acceptors (Lipinski definition) is 4. The number of methoxy groups -OCH3 is 1. The number of nitrogens with two attached hydrogens (primary N) is 1. The molecule has 2 N–H and O–H groups in total. The summed E-state index contributed by atoms with van der Waals surface area (Å²) in [7, 11) is 1.44. The molecule has 158 valence electrons. The van der Waals surface area contributed by atoms with E-state index < -0.39 is 0 Å². The molecule has 28 heavy (non-hydrogen) atoms. The lowest BCUT2D eigenvalue weighted by molar-refractivity contribution is -0.140. The van der Waals surface area contributed by atoms with Crippen molar-refractivity contribution >= 4 is 11.8 Å². The van der Waals surface area contributed by atoms with Gasteiger partial charge in [-0.05, 0) is 87.2 Å². The van der Waals surface area contributed by atoms with E-state index in [9.17, 15) is 9.59 Å². The van der Waals surface area contributed by atoms with Crippen molar-refractivity contribution < 1.29 is 14.3 Å². The van der Waals surface area contributed by atoms with Gasteiger partial charge in [-0.1, -0.05) is 32.3 Å². The third kappa shape index (κ3) is 3.81. The minimum absolute atomic E-state index is 0.141. The highest BCUT2D eigenvalue weighted by Gasteiger charge is 2.58. The van der Waals surface area contributed by atoms with E-state index in [2.05, 4.69) is 19.9 Å². The molecular weight excluding hydrogens is 350 g/mol. The molecule has 2 fully saturated rings. The zero-order valence-corrected chi connectivity index (χ0v) is 18.1. The molecule has 3 aliphatic rings. The fraction of sp³-hybridized carbons (Fsp3) is 0.833. The third-order valence-corrected chi connectivity index (χ3v) is 8.43. The zero-order valence-electron chi connectivity index (χ0n) is 18.1. The molecule has 0 aromatic heterocycles. The van der Waals surface area contributed by atoms with Crippen molar-refractivity contribution in [1.82, 2.24) is 0 Å². The molecule has 5 atom stereocenters. The predicted octanol–water partition coefficient (Wildman–Crippen LogP) is 4.81. The van der Waals surface area contributed by atoms with Gasteiger partial charge in [0.25, 0.3) is 0 Å². The third-order valence-electron chi connectivity index (χ3n) is 8.43. The van der Waals surface area contributed by atoms with E-state index in [-0.39, 0.29) is 16.8 Å². The van der Waals surface area contributed by atoms with Crippen molar-refractivity contribution in [2.45, 2.75) is 84.5 Å². The maximum atomic E-state index is 13.4. The van der Waals surface area contributed by atoms with Crippen LogP contribution in [0.15, 0.2) is 11.6 Å². The molecular formula is C24H39NO3. The Balaban J connectivity index is 1.77. The van der Waals surface area contributed by atoms with E-state index in [1.165, 1.54) is 31.9 Å². The van der Waals surface area contributed by atoms with Crippen molar-refractivity contribution in [1.29, 1.82) is 0 Å². The van der Waals surface area contributed by atoms with Gasteiger partial charge in [0.15, 0.2) is 5.78 Å². The van der Waals surface area contributed by atoms with Crippen LogP contribution in [0.4, 0.5) is 0 Å². The highest BCUT2D eigenvalue weighted by atomic mass is 16.5. The van der Waals surface area contributed by atoms with Gasteiger partial charge in [0.05, 0.1) is 7.11 Å². The number of ketones is 1. The fourth-order valence-corrected chi connectivity index (χ4v) is 6.71. The van der Waals surface area contributed by atoms with Crippen molar-refractivity contribution in [2.75, 3.05) is 13.7 Å². The number of carbonyl (C=O) groups excluding carboxylic acids is 2. The van der Waals surface area contributed by atoms with Gasteiger partial charge in [0, 0.05) is 11.8 Å². The Morgan fingerprint density at radius 1 is 1.21 bits per heavy atom. The lowest BCUT2D eigenvalue weighted by atomic mass is 9.52. The molecule has 4 nitrogen and oxygen atoms in total. The van der Waals surface area contributed by atoms with Crippen molar-refractivity contribution in [3.63, 3.8) is 0 Å². The van der Waals surface area contributed by atoms with Crippen molar-refractivity contribution in [3.8, 4) is 0 Å². The second-order valence-electron chi connectivity index (χ2n) is 9.90. The molecule has 0 amide bonds. The molecule has 4 heteroatoms. The van der Waals surface area contributed by atoms with Gasteiger partial charge in [0.2, 0.25) is 0 Å². The van der Waals surface area contributed by atoms with Crippen molar-refractivity contribution in [2.24, 2.45) is 34.3 Å². The van der Waals surface area contributed by atoms with Crippen LogP contribution in [0.3, 0.4) is 0 Å². The predicted molar refractivity (Wildman–Crippen MR) is 112 cm³/mol. The van der Waals surface area contributed by atoms with Gasteiger partial charge < -0.3 is 10.5 Å². The van der Waals surface area contributed by atoms with Gasteiger partial charge in [-0.25, -0.2) is 0 Å². The zero-order chi connectivity index (χ0) is 20.4. The van der Waals surface area contributed by atoms with Gasteiger partial charge in [-0.3, -0.25) is 9.59 Å². The standard InChI is InChI=1S/C24H39NO3/c1-23(13-4-5-15-25)14-7-9-18-19-12-11-17(8-6-10-22(27)28-3)24(19,2)21(26)16-20(18)23/h16-19H,4-15,25H2,1-3H3/t17?,18?,19?,23-,24+/m0/s1. The molecule has 0 aromatic rings. The SMILES string of the molecule is COC(=O)CCCC1CCC2C3CCC[C@](C)(CCCCN)C3=CC(=O)[C@]12C. The Labute approximate surface area is 170 Å². The second kappa shape index (κ2) is 8.69. The molecule has 0 heterocycles. The summed E-state index contributed by atoms with van der Waals surface area (Å²) in [6, 6.07) is 0. The summed E-state index contributed by atoms with van der Waals surface area (Å²) in [5, 5.41) is 0. The smallest absolute Gasteiger partial charge is 0.305 e. The molecule has 0 aliphatic heterocycles. The maximum Gasteiger partial charge on any atom is 0.305 e. The summed E-state index contributed by atoms with van der Waals surface area (Å²) in [6.07, 6.45) is 13.7. The number of hydrogen-bond donors (Lipinski definition) is 1. The summed E-state index contributed by atoms with van der Waals surface area (Å²) in [5.41, 5.74) is 7.11. The van der Waals surface area contributed by atoms with Crippen LogP contribution in [0.2, 0.25) is 0 Å². The molecule has 3 rings (SSSR count). The quantitative estimate of drug-likeness (QED) is 0.478. The molecule has 2 saturated carbocycles. The van der Waals surface area contributed by atoms with Crippen LogP contribution >= 0.6 is 0 Å². The summed E-state index contributed by atoms with van der Waals surface area (Å²) in [4.78, 5) is 24.9. The molecule has 0 saturated heterocycles. The number of fused-ring (bicyclic) bond motifs is 3. The average molecular weight is 390 g/mol. The Morgan fingerprint density at radius 2 is 2.00 bits per heavy atom. The van der Waals surface area contributed by atoms with Gasteiger partial charge in [-0.2, -0.15) is 0 Å². The van der Waals surface area contributed by atoms with Crippen LogP contribution in [0.1, 0.15) is 84.5 Å². The van der Waals surface area contributed by atoms with Crippen LogP contribution in [-0.2, 0) is 14.3 Å². The van der Waals surface area contributed by atoms with E-state index in [4.69, 9.17) is 10.5 Å². The molecule has 0 aromatic carbocycles. The van der Waals surface area contributed by atoms with Gasteiger partial charge >= 0.3 is 5.97 Å². The minimum atomic E-state index is -0.236. The maximum absolute atomic E-state index is 13.4. The Bertz CT molecular complexity index is 627. The number of rotatable bonds is 8. The summed E-state index contributed by atoms with van der Waals surface area (Å²) in [5.74, 6) is 1.67. The molecule has 0 bridgehead atoms. The highest BCUT2D eigenvalue weighted by Crippen LogP contribution is 2.62. The lowest BCUT2D eigenvalue weighted by Crippen LogP contribution is -2.47. The molecule has 0 radical (unpaired) electrons. The summed E-state index contributed by atoms with van der Waals surface area (Å²) in [6.45, 7) is 5.37. The second-order valence-corrected chi connectivity index (χ2v) is 9.90. The Hall–Kier alpha value is -1.16. The van der Waals surface area contributed by atoms with Crippen LogP contribution in [0, 0.1) is 28.6 Å². The van der Waals surface area contributed by atoms with Gasteiger partial charge in [-0.15, -0.1) is 0 Å². The molecule has 0 spiro atoms. The first-order valence-electron chi connectivity index (χ1n) is 11.4. The van der Waals surface area contributed by atoms with E-state index in [1.54, 1.807) is 0 Å².